The zero-order valence-electron chi connectivity index (χ0n) is 12.9. The van der Waals surface area contributed by atoms with Crippen molar-refractivity contribution in [2.75, 3.05) is 13.1 Å². The van der Waals surface area contributed by atoms with Crippen molar-refractivity contribution in [3.05, 3.63) is 52.5 Å². The molecule has 0 N–H and O–H groups in total. The highest BCUT2D eigenvalue weighted by atomic mass is 16.1. The first-order chi connectivity index (χ1) is 10.7. The van der Waals surface area contributed by atoms with Gasteiger partial charge in [-0.2, -0.15) is 5.10 Å². The van der Waals surface area contributed by atoms with Gasteiger partial charge in [0.1, 0.15) is 6.33 Å². The van der Waals surface area contributed by atoms with Gasteiger partial charge in [0.05, 0.1) is 5.69 Å². The molecule has 6 nitrogen and oxygen atoms in total. The van der Waals surface area contributed by atoms with Crippen molar-refractivity contribution in [1.82, 2.24) is 24.6 Å². The first kappa shape index (κ1) is 14.8. The van der Waals surface area contributed by atoms with Gasteiger partial charge in [-0.3, -0.25) is 9.69 Å². The van der Waals surface area contributed by atoms with Gasteiger partial charge in [0, 0.05) is 37.1 Å². The fourth-order valence-electron chi connectivity index (χ4n) is 2.92. The van der Waals surface area contributed by atoms with Crippen LogP contribution in [-0.4, -0.2) is 37.7 Å². The molecule has 0 aromatic carbocycles. The lowest BCUT2D eigenvalue weighted by molar-refractivity contribution is 0.163. The fraction of sp³-hybridized carbons (Fsp3) is 0.500. The number of hydrogen-bond donors (Lipinski definition) is 0. The van der Waals surface area contributed by atoms with E-state index in [4.69, 9.17) is 0 Å². The Kier molecular flexibility index (Phi) is 4.58. The van der Waals surface area contributed by atoms with Gasteiger partial charge in [0.15, 0.2) is 0 Å². The molecule has 2 aromatic rings. The van der Waals surface area contributed by atoms with Gasteiger partial charge in [-0.05, 0) is 44.8 Å². The Labute approximate surface area is 129 Å². The molecule has 1 aliphatic heterocycles. The van der Waals surface area contributed by atoms with Crippen LogP contribution >= 0.6 is 0 Å². The van der Waals surface area contributed by atoms with Crippen molar-refractivity contribution in [3.63, 3.8) is 0 Å². The second kappa shape index (κ2) is 6.79. The molecule has 0 spiro atoms. The maximum Gasteiger partial charge on any atom is 0.266 e. The third-order valence-corrected chi connectivity index (χ3v) is 4.16. The van der Waals surface area contributed by atoms with E-state index in [0.717, 1.165) is 50.3 Å². The number of rotatable bonds is 4. The summed E-state index contributed by atoms with van der Waals surface area (Å²) in [5.74, 6) is 0.523. The summed E-state index contributed by atoms with van der Waals surface area (Å²) in [5.41, 5.74) is 2.04. The van der Waals surface area contributed by atoms with Crippen molar-refractivity contribution in [3.8, 4) is 0 Å². The van der Waals surface area contributed by atoms with Crippen LogP contribution in [0.5, 0.6) is 0 Å². The molecule has 6 heteroatoms. The van der Waals surface area contributed by atoms with E-state index in [-0.39, 0.29) is 5.56 Å². The molecule has 0 unspecified atom stereocenters. The van der Waals surface area contributed by atoms with Crippen LogP contribution in [0.4, 0.5) is 0 Å². The van der Waals surface area contributed by atoms with Crippen LogP contribution in [0, 0.1) is 12.8 Å². The van der Waals surface area contributed by atoms with E-state index in [0.29, 0.717) is 5.92 Å². The normalized spacial score (nSPS) is 16.8. The second-order valence-corrected chi connectivity index (χ2v) is 5.96. The van der Waals surface area contributed by atoms with E-state index in [1.165, 1.54) is 0 Å². The maximum atomic E-state index is 11.8. The first-order valence-electron chi connectivity index (χ1n) is 7.72. The fourth-order valence-corrected chi connectivity index (χ4v) is 2.92. The molecule has 0 saturated carbocycles. The summed E-state index contributed by atoms with van der Waals surface area (Å²) in [6.45, 7) is 5.62. The zero-order chi connectivity index (χ0) is 15.4. The molecule has 0 atom stereocenters. The Morgan fingerprint density at radius 1 is 1.18 bits per heavy atom. The summed E-state index contributed by atoms with van der Waals surface area (Å²) in [7, 11) is 0. The molecule has 0 bridgehead atoms. The van der Waals surface area contributed by atoms with E-state index in [1.807, 2.05) is 19.3 Å². The van der Waals surface area contributed by atoms with Crippen LogP contribution in [0.1, 0.15) is 24.1 Å². The van der Waals surface area contributed by atoms with Crippen molar-refractivity contribution in [2.45, 2.75) is 32.9 Å². The van der Waals surface area contributed by atoms with Crippen LogP contribution < -0.4 is 5.56 Å². The number of aryl methyl sites for hydroxylation is 1. The predicted octanol–water partition coefficient (Wildman–Crippen LogP) is 1.25. The largest absolute Gasteiger partial charge is 0.299 e. The number of aromatic nitrogens is 4. The highest BCUT2D eigenvalue weighted by molar-refractivity contribution is 5.02. The third-order valence-electron chi connectivity index (χ3n) is 4.16. The van der Waals surface area contributed by atoms with E-state index in [2.05, 4.69) is 20.0 Å². The van der Waals surface area contributed by atoms with E-state index >= 15 is 0 Å². The Morgan fingerprint density at radius 3 is 2.64 bits per heavy atom. The highest BCUT2D eigenvalue weighted by Crippen LogP contribution is 2.19. The van der Waals surface area contributed by atoms with Gasteiger partial charge >= 0.3 is 0 Å². The van der Waals surface area contributed by atoms with Gasteiger partial charge in [0.2, 0.25) is 0 Å². The molecule has 116 valence electrons. The highest BCUT2D eigenvalue weighted by Gasteiger charge is 2.20. The van der Waals surface area contributed by atoms with Gasteiger partial charge in [-0.1, -0.05) is 0 Å². The Balaban J connectivity index is 1.53. The lowest BCUT2D eigenvalue weighted by Gasteiger charge is -2.31. The summed E-state index contributed by atoms with van der Waals surface area (Å²) >= 11 is 0. The Morgan fingerprint density at radius 2 is 1.91 bits per heavy atom. The molecule has 0 aliphatic carbocycles. The molecule has 3 heterocycles. The number of likely N-dealkylation sites (tertiary alicyclic amines) is 1. The smallest absolute Gasteiger partial charge is 0.266 e. The SMILES string of the molecule is Cc1ccc(=O)n(CC2CCN(Cc3cncnc3)CC2)n1. The van der Waals surface area contributed by atoms with Crippen molar-refractivity contribution in [1.29, 1.82) is 0 Å². The molecule has 1 aliphatic rings. The second-order valence-electron chi connectivity index (χ2n) is 5.96. The molecule has 0 amide bonds. The molecule has 2 aromatic heterocycles. The summed E-state index contributed by atoms with van der Waals surface area (Å²) < 4.78 is 1.61. The average Bonchev–Trinajstić information content (AvgIpc) is 2.54. The summed E-state index contributed by atoms with van der Waals surface area (Å²) in [5, 5.41) is 4.33. The predicted molar refractivity (Wildman–Crippen MR) is 83.3 cm³/mol. The standard InChI is InChI=1S/C16H21N5O/c1-13-2-3-16(22)21(19-13)11-14-4-6-20(7-5-14)10-15-8-17-12-18-9-15/h2-3,8-9,12,14H,4-7,10-11H2,1H3. The summed E-state index contributed by atoms with van der Waals surface area (Å²) in [6.07, 6.45) is 7.48. The van der Waals surface area contributed by atoms with Crippen LogP contribution in [0.15, 0.2) is 35.6 Å². The monoisotopic (exact) mass is 299 g/mol. The molecule has 1 saturated heterocycles. The van der Waals surface area contributed by atoms with Crippen LogP contribution in [0.25, 0.3) is 0 Å². The third kappa shape index (κ3) is 3.76. The summed E-state index contributed by atoms with van der Waals surface area (Å²) in [4.78, 5) is 22.4. The molecule has 1 fully saturated rings. The van der Waals surface area contributed by atoms with E-state index in [9.17, 15) is 4.79 Å². The van der Waals surface area contributed by atoms with E-state index < -0.39 is 0 Å². The molecular weight excluding hydrogens is 278 g/mol. The topological polar surface area (TPSA) is 63.9 Å². The van der Waals surface area contributed by atoms with E-state index in [1.54, 1.807) is 23.1 Å². The first-order valence-corrected chi connectivity index (χ1v) is 7.72. The minimum absolute atomic E-state index is 0.00513. The van der Waals surface area contributed by atoms with Crippen molar-refractivity contribution < 1.29 is 0 Å². The number of piperidine rings is 1. The number of nitrogens with zero attached hydrogens (tertiary/aromatic N) is 5. The maximum absolute atomic E-state index is 11.8. The molecule has 3 rings (SSSR count). The molecule has 0 radical (unpaired) electrons. The molecular formula is C16H21N5O. The lowest BCUT2D eigenvalue weighted by Crippen LogP contribution is -2.36. The van der Waals surface area contributed by atoms with Gasteiger partial charge in [0.25, 0.3) is 5.56 Å². The van der Waals surface area contributed by atoms with Crippen LogP contribution in [0.2, 0.25) is 0 Å². The molecule has 22 heavy (non-hydrogen) atoms. The minimum Gasteiger partial charge on any atom is -0.299 e. The zero-order valence-corrected chi connectivity index (χ0v) is 12.9. The van der Waals surface area contributed by atoms with Gasteiger partial charge < -0.3 is 0 Å². The van der Waals surface area contributed by atoms with Crippen molar-refractivity contribution in [2.24, 2.45) is 5.92 Å². The minimum atomic E-state index is -0.00513. The Hall–Kier alpha value is -2.08. The van der Waals surface area contributed by atoms with Gasteiger partial charge in [-0.25, -0.2) is 14.6 Å². The van der Waals surface area contributed by atoms with Crippen LogP contribution in [0.3, 0.4) is 0 Å². The summed E-state index contributed by atoms with van der Waals surface area (Å²) in [6, 6.07) is 3.37. The average molecular weight is 299 g/mol. The van der Waals surface area contributed by atoms with Crippen LogP contribution in [-0.2, 0) is 13.1 Å². The lowest BCUT2D eigenvalue weighted by atomic mass is 9.96. The van der Waals surface area contributed by atoms with Crippen molar-refractivity contribution >= 4 is 0 Å². The Bertz CT molecular complexity index is 662. The van der Waals surface area contributed by atoms with Gasteiger partial charge in [-0.15, -0.1) is 0 Å². The quantitative estimate of drug-likeness (QED) is 0.850. The number of hydrogen-bond acceptors (Lipinski definition) is 5.